The topological polar surface area (TPSA) is 12.0 Å². The van der Waals surface area contributed by atoms with Gasteiger partial charge in [-0.3, -0.25) is 0 Å². The standard InChI is InChI=1S/C15H14BrClFN/c1-9-11(4-3-5-13(9)16)15(19-2)12-8-10(18)6-7-14(12)17/h3-8,15,19H,1-2H3. The van der Waals surface area contributed by atoms with Gasteiger partial charge in [0.15, 0.2) is 0 Å². The monoisotopic (exact) mass is 341 g/mol. The second-order valence-electron chi connectivity index (χ2n) is 4.34. The van der Waals surface area contributed by atoms with Crippen molar-refractivity contribution in [3.63, 3.8) is 0 Å². The zero-order valence-electron chi connectivity index (χ0n) is 10.7. The molecule has 0 saturated carbocycles. The Balaban J connectivity index is 2.56. The molecule has 0 aromatic heterocycles. The first-order valence-corrected chi connectivity index (χ1v) is 7.09. The molecule has 0 fully saturated rings. The second-order valence-corrected chi connectivity index (χ2v) is 5.60. The van der Waals surface area contributed by atoms with E-state index in [1.165, 1.54) is 12.1 Å². The Morgan fingerprint density at radius 2 is 1.95 bits per heavy atom. The van der Waals surface area contributed by atoms with Crippen molar-refractivity contribution in [1.29, 1.82) is 0 Å². The molecule has 2 aromatic rings. The molecule has 1 unspecified atom stereocenters. The highest BCUT2D eigenvalue weighted by atomic mass is 79.9. The fourth-order valence-electron chi connectivity index (χ4n) is 2.15. The molecule has 0 saturated heterocycles. The zero-order valence-corrected chi connectivity index (χ0v) is 13.0. The van der Waals surface area contributed by atoms with E-state index in [1.54, 1.807) is 6.07 Å². The molecule has 0 spiro atoms. The average Bonchev–Trinajstić information content (AvgIpc) is 2.39. The number of hydrogen-bond donors (Lipinski definition) is 1. The van der Waals surface area contributed by atoms with Gasteiger partial charge in [-0.15, -0.1) is 0 Å². The first kappa shape index (κ1) is 14.5. The molecule has 100 valence electrons. The summed E-state index contributed by atoms with van der Waals surface area (Å²) >= 11 is 9.71. The van der Waals surface area contributed by atoms with Crippen LogP contribution in [-0.4, -0.2) is 7.05 Å². The van der Waals surface area contributed by atoms with E-state index in [0.29, 0.717) is 5.02 Å². The van der Waals surface area contributed by atoms with E-state index in [1.807, 2.05) is 32.2 Å². The maximum Gasteiger partial charge on any atom is 0.123 e. The molecule has 0 amide bonds. The molecule has 0 aliphatic rings. The van der Waals surface area contributed by atoms with Crippen LogP contribution in [0.2, 0.25) is 5.02 Å². The van der Waals surface area contributed by atoms with Crippen molar-refractivity contribution in [2.24, 2.45) is 0 Å². The van der Waals surface area contributed by atoms with Crippen LogP contribution in [0.25, 0.3) is 0 Å². The third-order valence-electron chi connectivity index (χ3n) is 3.18. The lowest BCUT2D eigenvalue weighted by Crippen LogP contribution is -2.19. The minimum atomic E-state index is -0.285. The Morgan fingerprint density at radius 3 is 2.63 bits per heavy atom. The van der Waals surface area contributed by atoms with Crippen LogP contribution in [0.1, 0.15) is 22.7 Å². The van der Waals surface area contributed by atoms with Gasteiger partial charge in [0.1, 0.15) is 5.82 Å². The maximum atomic E-state index is 13.4. The number of benzene rings is 2. The molecule has 1 atom stereocenters. The van der Waals surface area contributed by atoms with Gasteiger partial charge in [-0.2, -0.15) is 0 Å². The van der Waals surface area contributed by atoms with Crippen LogP contribution in [0.3, 0.4) is 0 Å². The maximum absolute atomic E-state index is 13.4. The third kappa shape index (κ3) is 2.99. The summed E-state index contributed by atoms with van der Waals surface area (Å²) in [6, 6.07) is 10.3. The highest BCUT2D eigenvalue weighted by molar-refractivity contribution is 9.10. The van der Waals surface area contributed by atoms with E-state index in [4.69, 9.17) is 11.6 Å². The molecule has 1 N–H and O–H groups in total. The van der Waals surface area contributed by atoms with Gasteiger partial charge in [0, 0.05) is 9.50 Å². The van der Waals surface area contributed by atoms with Gasteiger partial charge in [0.05, 0.1) is 6.04 Å². The van der Waals surface area contributed by atoms with Crippen LogP contribution in [0, 0.1) is 12.7 Å². The van der Waals surface area contributed by atoms with Gasteiger partial charge in [-0.05, 0) is 54.9 Å². The Hall–Kier alpha value is -0.900. The number of nitrogens with one attached hydrogen (secondary N) is 1. The number of rotatable bonds is 3. The largest absolute Gasteiger partial charge is 0.309 e. The molecule has 19 heavy (non-hydrogen) atoms. The zero-order chi connectivity index (χ0) is 14.0. The van der Waals surface area contributed by atoms with E-state index in [0.717, 1.165) is 21.2 Å². The number of hydrogen-bond acceptors (Lipinski definition) is 1. The second kappa shape index (κ2) is 6.04. The van der Waals surface area contributed by atoms with Crippen molar-refractivity contribution in [2.45, 2.75) is 13.0 Å². The van der Waals surface area contributed by atoms with Crippen LogP contribution in [0.4, 0.5) is 4.39 Å². The summed E-state index contributed by atoms with van der Waals surface area (Å²) < 4.78 is 14.5. The van der Waals surface area contributed by atoms with Crippen LogP contribution >= 0.6 is 27.5 Å². The van der Waals surface area contributed by atoms with Gasteiger partial charge in [-0.1, -0.05) is 39.7 Å². The predicted molar refractivity (Wildman–Crippen MR) is 81.2 cm³/mol. The van der Waals surface area contributed by atoms with Gasteiger partial charge in [0.2, 0.25) is 0 Å². The van der Waals surface area contributed by atoms with Crippen LogP contribution in [-0.2, 0) is 0 Å². The van der Waals surface area contributed by atoms with Crippen molar-refractivity contribution >= 4 is 27.5 Å². The molecule has 0 radical (unpaired) electrons. The van der Waals surface area contributed by atoms with Crippen LogP contribution in [0.15, 0.2) is 40.9 Å². The third-order valence-corrected chi connectivity index (χ3v) is 4.38. The SMILES string of the molecule is CNC(c1cc(F)ccc1Cl)c1cccc(Br)c1C. The molecular weight excluding hydrogens is 329 g/mol. The highest BCUT2D eigenvalue weighted by Crippen LogP contribution is 2.32. The molecule has 4 heteroatoms. The summed E-state index contributed by atoms with van der Waals surface area (Å²) in [4.78, 5) is 0. The average molecular weight is 343 g/mol. The van der Waals surface area contributed by atoms with Crippen molar-refractivity contribution in [2.75, 3.05) is 7.05 Å². The lowest BCUT2D eigenvalue weighted by molar-refractivity contribution is 0.616. The van der Waals surface area contributed by atoms with E-state index < -0.39 is 0 Å². The minimum Gasteiger partial charge on any atom is -0.309 e. The molecule has 0 heterocycles. The van der Waals surface area contributed by atoms with E-state index in [2.05, 4.69) is 21.2 Å². The molecule has 2 aromatic carbocycles. The summed E-state index contributed by atoms with van der Waals surface area (Å²) in [7, 11) is 1.84. The summed E-state index contributed by atoms with van der Waals surface area (Å²) in [5.41, 5.74) is 2.93. The lowest BCUT2D eigenvalue weighted by atomic mass is 9.95. The predicted octanol–water partition coefficient (Wildman–Crippen LogP) is 4.86. The van der Waals surface area contributed by atoms with E-state index >= 15 is 0 Å². The lowest BCUT2D eigenvalue weighted by Gasteiger charge is -2.21. The van der Waals surface area contributed by atoms with E-state index in [9.17, 15) is 4.39 Å². The van der Waals surface area contributed by atoms with Gasteiger partial charge in [0.25, 0.3) is 0 Å². The molecule has 0 aliphatic carbocycles. The summed E-state index contributed by atoms with van der Waals surface area (Å²) in [6.45, 7) is 2.02. The summed E-state index contributed by atoms with van der Waals surface area (Å²) in [5, 5.41) is 3.75. The first-order valence-electron chi connectivity index (χ1n) is 5.92. The summed E-state index contributed by atoms with van der Waals surface area (Å²) in [6.07, 6.45) is 0. The van der Waals surface area contributed by atoms with Crippen molar-refractivity contribution in [3.8, 4) is 0 Å². The molecule has 0 aliphatic heterocycles. The van der Waals surface area contributed by atoms with E-state index in [-0.39, 0.29) is 11.9 Å². The quantitative estimate of drug-likeness (QED) is 0.840. The molecule has 0 bridgehead atoms. The van der Waals surface area contributed by atoms with Crippen molar-refractivity contribution in [1.82, 2.24) is 5.32 Å². The Kier molecular flexibility index (Phi) is 4.61. The molecule has 1 nitrogen and oxygen atoms in total. The summed E-state index contributed by atoms with van der Waals surface area (Å²) in [5.74, 6) is -0.285. The number of halogens is 3. The highest BCUT2D eigenvalue weighted by Gasteiger charge is 2.18. The Bertz CT molecular complexity index is 599. The smallest absolute Gasteiger partial charge is 0.123 e. The van der Waals surface area contributed by atoms with Crippen molar-refractivity contribution < 1.29 is 4.39 Å². The molecular formula is C15H14BrClFN. The molecule has 2 rings (SSSR count). The van der Waals surface area contributed by atoms with Gasteiger partial charge < -0.3 is 5.32 Å². The van der Waals surface area contributed by atoms with Crippen LogP contribution < -0.4 is 5.32 Å². The van der Waals surface area contributed by atoms with Gasteiger partial charge >= 0.3 is 0 Å². The van der Waals surface area contributed by atoms with Crippen LogP contribution in [0.5, 0.6) is 0 Å². The Morgan fingerprint density at radius 1 is 1.21 bits per heavy atom. The first-order chi connectivity index (χ1) is 9.04. The minimum absolute atomic E-state index is 0.138. The fourth-order valence-corrected chi connectivity index (χ4v) is 2.76. The van der Waals surface area contributed by atoms with Gasteiger partial charge in [-0.25, -0.2) is 4.39 Å². The fraction of sp³-hybridized carbons (Fsp3) is 0.200. The normalized spacial score (nSPS) is 12.5. The van der Waals surface area contributed by atoms with Crippen molar-refractivity contribution in [3.05, 3.63) is 68.4 Å². The Labute approximate surface area is 125 Å².